The van der Waals surface area contributed by atoms with Crippen LogP contribution in [-0.4, -0.2) is 29.8 Å². The van der Waals surface area contributed by atoms with Gasteiger partial charge >= 0.3 is 0 Å². The van der Waals surface area contributed by atoms with Gasteiger partial charge in [0.2, 0.25) is 0 Å². The second-order valence-electron chi connectivity index (χ2n) is 4.30. The molecule has 1 saturated heterocycles. The van der Waals surface area contributed by atoms with Gasteiger partial charge in [-0.1, -0.05) is 11.6 Å². The monoisotopic (exact) mass is 240 g/mol. The molecule has 3 nitrogen and oxygen atoms in total. The molecule has 1 aromatic heterocycles. The average molecular weight is 241 g/mol. The predicted molar refractivity (Wildman–Crippen MR) is 65.9 cm³/mol. The number of aliphatic hydroxyl groups excluding tert-OH is 1. The Kier molecular flexibility index (Phi) is 4.02. The summed E-state index contributed by atoms with van der Waals surface area (Å²) < 4.78 is 0. The summed E-state index contributed by atoms with van der Waals surface area (Å²) in [6.07, 6.45) is 4.97. The van der Waals surface area contributed by atoms with E-state index in [4.69, 9.17) is 16.7 Å². The first-order valence-electron chi connectivity index (χ1n) is 5.77. The van der Waals surface area contributed by atoms with Crippen molar-refractivity contribution in [1.29, 1.82) is 0 Å². The Bertz CT molecular complexity index is 326. The van der Waals surface area contributed by atoms with Crippen molar-refractivity contribution in [3.8, 4) is 0 Å². The third-order valence-corrected chi connectivity index (χ3v) is 3.32. The molecule has 0 saturated carbocycles. The molecule has 0 aromatic carbocycles. The van der Waals surface area contributed by atoms with Crippen molar-refractivity contribution in [2.45, 2.75) is 19.3 Å². The highest BCUT2D eigenvalue weighted by atomic mass is 35.5. The first-order valence-corrected chi connectivity index (χ1v) is 6.15. The smallest absolute Gasteiger partial charge is 0.128 e. The maximum absolute atomic E-state index is 8.96. The Morgan fingerprint density at radius 1 is 1.50 bits per heavy atom. The van der Waals surface area contributed by atoms with Gasteiger partial charge in [0.15, 0.2) is 0 Å². The van der Waals surface area contributed by atoms with Gasteiger partial charge < -0.3 is 10.0 Å². The highest BCUT2D eigenvalue weighted by molar-refractivity contribution is 6.30. The lowest BCUT2D eigenvalue weighted by molar-refractivity contribution is 0.244. The van der Waals surface area contributed by atoms with Crippen LogP contribution in [-0.2, 0) is 0 Å². The zero-order valence-electron chi connectivity index (χ0n) is 9.27. The van der Waals surface area contributed by atoms with E-state index in [0.717, 1.165) is 25.3 Å². The summed E-state index contributed by atoms with van der Waals surface area (Å²) in [5, 5.41) is 9.63. The minimum atomic E-state index is 0.284. The minimum absolute atomic E-state index is 0.284. The number of piperidine rings is 1. The first-order chi connectivity index (χ1) is 7.79. The van der Waals surface area contributed by atoms with Crippen molar-refractivity contribution in [2.75, 3.05) is 24.6 Å². The second kappa shape index (κ2) is 5.51. The maximum Gasteiger partial charge on any atom is 0.128 e. The van der Waals surface area contributed by atoms with Crippen LogP contribution in [0.15, 0.2) is 18.3 Å². The number of aromatic nitrogens is 1. The molecule has 0 radical (unpaired) electrons. The normalized spacial score (nSPS) is 21.1. The van der Waals surface area contributed by atoms with E-state index in [1.165, 1.54) is 12.8 Å². The van der Waals surface area contributed by atoms with Crippen molar-refractivity contribution in [3.05, 3.63) is 23.4 Å². The summed E-state index contributed by atoms with van der Waals surface area (Å²) in [5.41, 5.74) is 0. The summed E-state index contributed by atoms with van der Waals surface area (Å²) in [6.45, 7) is 2.33. The van der Waals surface area contributed by atoms with E-state index < -0.39 is 0 Å². The number of halogens is 1. The van der Waals surface area contributed by atoms with Gasteiger partial charge in [0.1, 0.15) is 5.82 Å². The lowest BCUT2D eigenvalue weighted by Crippen LogP contribution is -2.36. The van der Waals surface area contributed by atoms with Gasteiger partial charge in [0.25, 0.3) is 0 Å². The van der Waals surface area contributed by atoms with Crippen LogP contribution in [0.25, 0.3) is 0 Å². The maximum atomic E-state index is 8.96. The molecule has 1 unspecified atom stereocenters. The van der Waals surface area contributed by atoms with Gasteiger partial charge in [-0.25, -0.2) is 4.98 Å². The standard InChI is InChI=1S/C12H17ClN2O/c13-11-3-4-12(14-8-11)15-6-1-2-10(9-15)5-7-16/h3-4,8,10,16H,1-2,5-7,9H2. The summed E-state index contributed by atoms with van der Waals surface area (Å²) in [7, 11) is 0. The number of rotatable bonds is 3. The molecule has 4 heteroatoms. The van der Waals surface area contributed by atoms with Gasteiger partial charge in [-0.2, -0.15) is 0 Å². The molecule has 1 aliphatic heterocycles. The topological polar surface area (TPSA) is 36.4 Å². The van der Waals surface area contributed by atoms with Crippen LogP contribution in [0.4, 0.5) is 5.82 Å². The number of aliphatic hydroxyl groups is 1. The van der Waals surface area contributed by atoms with Crippen molar-refractivity contribution in [2.24, 2.45) is 5.92 Å². The van der Waals surface area contributed by atoms with Gasteiger partial charge in [-0.05, 0) is 37.3 Å². The third-order valence-electron chi connectivity index (χ3n) is 3.09. The molecule has 2 rings (SSSR count). The molecule has 1 aliphatic rings. The van der Waals surface area contributed by atoms with Crippen LogP contribution in [0.1, 0.15) is 19.3 Å². The largest absolute Gasteiger partial charge is 0.396 e. The Morgan fingerprint density at radius 2 is 2.38 bits per heavy atom. The summed E-state index contributed by atoms with van der Waals surface area (Å²) >= 11 is 5.81. The Balaban J connectivity index is 2.01. The Morgan fingerprint density at radius 3 is 3.06 bits per heavy atom. The lowest BCUT2D eigenvalue weighted by atomic mass is 9.95. The van der Waals surface area contributed by atoms with Crippen LogP contribution >= 0.6 is 11.6 Å². The molecule has 1 atom stereocenters. The highest BCUT2D eigenvalue weighted by Crippen LogP contribution is 2.23. The fraction of sp³-hybridized carbons (Fsp3) is 0.583. The van der Waals surface area contributed by atoms with E-state index in [2.05, 4.69) is 9.88 Å². The quantitative estimate of drug-likeness (QED) is 0.881. The van der Waals surface area contributed by atoms with Crippen LogP contribution in [0.5, 0.6) is 0 Å². The minimum Gasteiger partial charge on any atom is -0.396 e. The molecule has 88 valence electrons. The molecule has 0 aliphatic carbocycles. The molecule has 1 N–H and O–H groups in total. The molecule has 1 fully saturated rings. The highest BCUT2D eigenvalue weighted by Gasteiger charge is 2.20. The lowest BCUT2D eigenvalue weighted by Gasteiger charge is -2.33. The van der Waals surface area contributed by atoms with Crippen LogP contribution in [0, 0.1) is 5.92 Å². The number of pyridine rings is 1. The van der Waals surface area contributed by atoms with Crippen LogP contribution in [0.2, 0.25) is 5.02 Å². The van der Waals surface area contributed by atoms with E-state index in [0.29, 0.717) is 10.9 Å². The molecular weight excluding hydrogens is 224 g/mol. The number of nitrogens with zero attached hydrogens (tertiary/aromatic N) is 2. The van der Waals surface area contributed by atoms with Crippen LogP contribution < -0.4 is 4.90 Å². The third kappa shape index (κ3) is 2.86. The molecule has 1 aromatic rings. The molecule has 16 heavy (non-hydrogen) atoms. The number of anilines is 1. The Hall–Kier alpha value is -0.800. The van der Waals surface area contributed by atoms with Crippen molar-refractivity contribution in [1.82, 2.24) is 4.98 Å². The fourth-order valence-corrected chi connectivity index (χ4v) is 2.36. The zero-order valence-corrected chi connectivity index (χ0v) is 10.0. The average Bonchev–Trinajstić information content (AvgIpc) is 2.31. The SMILES string of the molecule is OCCC1CCCN(c2ccc(Cl)cn2)C1. The molecular formula is C12H17ClN2O. The van der Waals surface area contributed by atoms with E-state index in [9.17, 15) is 0 Å². The van der Waals surface area contributed by atoms with Crippen molar-refractivity contribution in [3.63, 3.8) is 0 Å². The Labute approximate surface area is 101 Å². The molecule has 0 bridgehead atoms. The molecule has 0 spiro atoms. The van der Waals surface area contributed by atoms with Gasteiger partial charge in [-0.3, -0.25) is 0 Å². The van der Waals surface area contributed by atoms with Gasteiger partial charge in [0, 0.05) is 25.9 Å². The summed E-state index contributed by atoms with van der Waals surface area (Å²) in [5.74, 6) is 1.59. The summed E-state index contributed by atoms with van der Waals surface area (Å²) in [6, 6.07) is 3.84. The summed E-state index contributed by atoms with van der Waals surface area (Å²) in [4.78, 5) is 6.61. The number of hydrogen-bond donors (Lipinski definition) is 1. The zero-order chi connectivity index (χ0) is 11.4. The van der Waals surface area contributed by atoms with Crippen LogP contribution in [0.3, 0.4) is 0 Å². The number of hydrogen-bond acceptors (Lipinski definition) is 3. The predicted octanol–water partition coefficient (Wildman–Crippen LogP) is 2.33. The molecule has 2 heterocycles. The second-order valence-corrected chi connectivity index (χ2v) is 4.74. The van der Waals surface area contributed by atoms with Crippen molar-refractivity contribution < 1.29 is 5.11 Å². The van der Waals surface area contributed by atoms with Gasteiger partial charge in [0.05, 0.1) is 5.02 Å². The van der Waals surface area contributed by atoms with Gasteiger partial charge in [-0.15, -0.1) is 0 Å². The fourth-order valence-electron chi connectivity index (χ4n) is 2.25. The first kappa shape index (κ1) is 11.7. The van der Waals surface area contributed by atoms with E-state index in [1.54, 1.807) is 6.20 Å². The van der Waals surface area contributed by atoms with E-state index in [-0.39, 0.29) is 6.61 Å². The van der Waals surface area contributed by atoms with E-state index in [1.807, 2.05) is 12.1 Å². The van der Waals surface area contributed by atoms with E-state index >= 15 is 0 Å². The molecule has 0 amide bonds. The van der Waals surface area contributed by atoms with Crippen molar-refractivity contribution >= 4 is 17.4 Å².